The van der Waals surface area contributed by atoms with Gasteiger partial charge in [-0.1, -0.05) is 5.11 Å². The molecule has 0 saturated carbocycles. The Balaban J connectivity index is 1.88. The van der Waals surface area contributed by atoms with E-state index in [4.69, 9.17) is 9.95 Å². The first-order valence-corrected chi connectivity index (χ1v) is 6.11. The summed E-state index contributed by atoms with van der Waals surface area (Å²) in [5.74, 6) is -0.517. The van der Waals surface area contributed by atoms with E-state index in [1.165, 1.54) is 0 Å². The van der Waals surface area contributed by atoms with Gasteiger partial charge in [0, 0.05) is 30.1 Å². The smallest absolute Gasteiger partial charge is 0.408 e. The van der Waals surface area contributed by atoms with Crippen molar-refractivity contribution in [1.82, 2.24) is 4.98 Å². The lowest BCUT2D eigenvalue weighted by atomic mass is 10.1. The number of nitrogens with zero attached hydrogens (tertiary/aromatic N) is 4. The second-order valence-electron chi connectivity index (χ2n) is 4.68. The Bertz CT molecular complexity index is 771. The lowest BCUT2D eigenvalue weighted by molar-refractivity contribution is -0.117. The van der Waals surface area contributed by atoms with Crippen LogP contribution in [-0.2, 0) is 4.79 Å². The fourth-order valence-corrected chi connectivity index (χ4v) is 2.41. The van der Waals surface area contributed by atoms with Gasteiger partial charge in [-0.3, -0.25) is 9.78 Å². The molecule has 0 bridgehead atoms. The molecule has 2 aromatic rings. The van der Waals surface area contributed by atoms with E-state index in [-0.39, 0.29) is 11.8 Å². The quantitative estimate of drug-likeness (QED) is 0.522. The van der Waals surface area contributed by atoms with Gasteiger partial charge in [0.15, 0.2) is 5.58 Å². The molecule has 1 N–H and O–H groups in total. The maximum Gasteiger partial charge on any atom is 0.417 e. The second kappa shape index (κ2) is 4.75. The molecule has 3 rings (SSSR count). The number of oxazole rings is 1. The maximum atomic E-state index is 12.0. The summed E-state index contributed by atoms with van der Waals surface area (Å²) >= 11 is 0. The molecule has 1 amide bonds. The molecule has 102 valence electrons. The van der Waals surface area contributed by atoms with E-state index in [1.807, 2.05) is 0 Å². The molecule has 1 fully saturated rings. The van der Waals surface area contributed by atoms with Crippen molar-refractivity contribution in [3.05, 3.63) is 39.2 Å². The Kier molecular flexibility index (Phi) is 2.92. The number of anilines is 1. The van der Waals surface area contributed by atoms with Gasteiger partial charge in [0.1, 0.15) is 0 Å². The molecule has 0 radical (unpaired) electrons. The van der Waals surface area contributed by atoms with Crippen LogP contribution >= 0.6 is 0 Å². The van der Waals surface area contributed by atoms with Gasteiger partial charge >= 0.3 is 5.76 Å². The first kappa shape index (κ1) is 12.3. The zero-order valence-corrected chi connectivity index (χ0v) is 10.4. The summed E-state index contributed by atoms with van der Waals surface area (Å²) in [7, 11) is 0. The van der Waals surface area contributed by atoms with Crippen LogP contribution in [0.2, 0.25) is 0 Å². The lowest BCUT2D eigenvalue weighted by Crippen LogP contribution is -2.24. The van der Waals surface area contributed by atoms with Crippen molar-refractivity contribution in [2.45, 2.75) is 6.42 Å². The third-order valence-corrected chi connectivity index (χ3v) is 3.32. The molecule has 1 aromatic carbocycles. The van der Waals surface area contributed by atoms with E-state index in [1.54, 1.807) is 23.1 Å². The zero-order valence-electron chi connectivity index (χ0n) is 10.4. The van der Waals surface area contributed by atoms with Crippen LogP contribution in [0.4, 0.5) is 5.69 Å². The number of carbonyl (C=O) groups excluding carboxylic acids is 1. The van der Waals surface area contributed by atoms with E-state index in [2.05, 4.69) is 15.0 Å². The van der Waals surface area contributed by atoms with Crippen molar-refractivity contribution in [2.24, 2.45) is 11.0 Å². The highest BCUT2D eigenvalue weighted by atomic mass is 16.4. The summed E-state index contributed by atoms with van der Waals surface area (Å²) in [6.07, 6.45) is 0.360. The Hall–Kier alpha value is -2.73. The summed E-state index contributed by atoms with van der Waals surface area (Å²) in [6, 6.07) is 5.08. The SMILES string of the molecule is [N-]=[N+]=NCC1CC(=O)N(c2ccc3oc(=O)[nH]c3c2)C1. The van der Waals surface area contributed by atoms with Crippen LogP contribution in [0.3, 0.4) is 0 Å². The number of fused-ring (bicyclic) bond motifs is 1. The molecule has 1 aromatic heterocycles. The number of aromatic nitrogens is 1. The number of rotatable bonds is 3. The molecule has 0 aliphatic carbocycles. The predicted octanol–water partition coefficient (Wildman–Crippen LogP) is 1.78. The van der Waals surface area contributed by atoms with Gasteiger partial charge in [-0.15, -0.1) is 0 Å². The van der Waals surface area contributed by atoms with Crippen molar-refractivity contribution in [3.8, 4) is 0 Å². The van der Waals surface area contributed by atoms with Crippen molar-refractivity contribution >= 4 is 22.7 Å². The van der Waals surface area contributed by atoms with Gasteiger partial charge in [0.25, 0.3) is 0 Å². The highest BCUT2D eigenvalue weighted by molar-refractivity contribution is 5.97. The van der Waals surface area contributed by atoms with E-state index >= 15 is 0 Å². The molecule has 8 heteroatoms. The molecule has 1 unspecified atom stereocenters. The molecule has 1 atom stereocenters. The van der Waals surface area contributed by atoms with E-state index in [9.17, 15) is 9.59 Å². The van der Waals surface area contributed by atoms with Gasteiger partial charge in [0.2, 0.25) is 5.91 Å². The zero-order chi connectivity index (χ0) is 14.1. The third kappa shape index (κ3) is 2.12. The van der Waals surface area contributed by atoms with E-state index < -0.39 is 5.76 Å². The predicted molar refractivity (Wildman–Crippen MR) is 71.3 cm³/mol. The molecule has 0 spiro atoms. The number of H-pyrrole nitrogens is 1. The van der Waals surface area contributed by atoms with Gasteiger partial charge in [-0.2, -0.15) is 0 Å². The standard InChI is InChI=1S/C12H11N5O3/c13-16-14-5-7-3-11(18)17(6-7)8-1-2-10-9(4-8)15-12(19)20-10/h1-2,4,7H,3,5-6H2,(H,15,19). The van der Waals surface area contributed by atoms with Crippen LogP contribution in [0.5, 0.6) is 0 Å². The summed E-state index contributed by atoms with van der Waals surface area (Å²) in [6.45, 7) is 0.814. The fraction of sp³-hybridized carbons (Fsp3) is 0.333. The highest BCUT2D eigenvalue weighted by Gasteiger charge is 2.30. The van der Waals surface area contributed by atoms with Crippen LogP contribution in [0.1, 0.15) is 6.42 Å². The average molecular weight is 273 g/mol. The second-order valence-corrected chi connectivity index (χ2v) is 4.68. The number of amides is 1. The minimum absolute atomic E-state index is 0.0201. The molecule has 1 aliphatic heterocycles. The highest BCUT2D eigenvalue weighted by Crippen LogP contribution is 2.27. The number of aromatic amines is 1. The Morgan fingerprint density at radius 2 is 2.35 bits per heavy atom. The molecular weight excluding hydrogens is 262 g/mol. The number of benzene rings is 1. The average Bonchev–Trinajstić information content (AvgIpc) is 2.97. The van der Waals surface area contributed by atoms with Gasteiger partial charge < -0.3 is 9.32 Å². The van der Waals surface area contributed by atoms with Crippen LogP contribution in [-0.4, -0.2) is 24.0 Å². The first-order valence-electron chi connectivity index (χ1n) is 6.11. The topological polar surface area (TPSA) is 115 Å². The minimum Gasteiger partial charge on any atom is -0.408 e. The van der Waals surface area contributed by atoms with Gasteiger partial charge in [-0.25, -0.2) is 4.79 Å². The molecule has 20 heavy (non-hydrogen) atoms. The van der Waals surface area contributed by atoms with E-state index in [0.29, 0.717) is 36.3 Å². The third-order valence-electron chi connectivity index (χ3n) is 3.32. The number of carbonyl (C=O) groups is 1. The Morgan fingerprint density at radius 3 is 3.15 bits per heavy atom. The van der Waals surface area contributed by atoms with Crippen molar-refractivity contribution in [3.63, 3.8) is 0 Å². The summed E-state index contributed by atoms with van der Waals surface area (Å²) in [5.41, 5.74) is 10.0. The number of nitrogens with one attached hydrogen (secondary N) is 1. The summed E-state index contributed by atoms with van der Waals surface area (Å²) in [4.78, 5) is 30.0. The van der Waals surface area contributed by atoms with Crippen LogP contribution in [0, 0.1) is 5.92 Å². The largest absolute Gasteiger partial charge is 0.417 e. The minimum atomic E-state index is -0.522. The molecule has 1 saturated heterocycles. The van der Waals surface area contributed by atoms with Gasteiger partial charge in [0.05, 0.1) is 5.52 Å². The molecule has 1 aliphatic rings. The number of azide groups is 1. The van der Waals surface area contributed by atoms with Gasteiger partial charge in [-0.05, 0) is 29.6 Å². The monoisotopic (exact) mass is 273 g/mol. The van der Waals surface area contributed by atoms with Crippen molar-refractivity contribution < 1.29 is 9.21 Å². The molecule has 8 nitrogen and oxygen atoms in total. The van der Waals surface area contributed by atoms with Crippen LogP contribution in [0.25, 0.3) is 21.5 Å². The molecular formula is C12H11N5O3. The van der Waals surface area contributed by atoms with Crippen LogP contribution < -0.4 is 10.7 Å². The fourth-order valence-electron chi connectivity index (χ4n) is 2.41. The van der Waals surface area contributed by atoms with E-state index in [0.717, 1.165) is 0 Å². The summed E-state index contributed by atoms with van der Waals surface area (Å²) in [5, 5.41) is 3.51. The lowest BCUT2D eigenvalue weighted by Gasteiger charge is -2.16. The number of hydrogen-bond acceptors (Lipinski definition) is 4. The maximum absolute atomic E-state index is 12.0. The normalized spacial score (nSPS) is 18.5. The molecule has 2 heterocycles. The van der Waals surface area contributed by atoms with Crippen LogP contribution in [0.15, 0.2) is 32.5 Å². The van der Waals surface area contributed by atoms with Crippen molar-refractivity contribution in [1.29, 1.82) is 0 Å². The van der Waals surface area contributed by atoms with Crippen molar-refractivity contribution in [2.75, 3.05) is 18.0 Å². The Morgan fingerprint density at radius 1 is 1.50 bits per heavy atom. The summed E-state index contributed by atoms with van der Waals surface area (Å²) < 4.78 is 4.92. The Labute approximate surface area is 112 Å². The first-order chi connectivity index (χ1) is 9.67. The number of hydrogen-bond donors (Lipinski definition) is 1.